The summed E-state index contributed by atoms with van der Waals surface area (Å²) in [4.78, 5) is 17.0. The Hall–Kier alpha value is -2.20. The molecule has 0 bridgehead atoms. The van der Waals surface area contributed by atoms with Crippen molar-refractivity contribution in [1.82, 2.24) is 14.8 Å². The number of hydrogen-bond donors (Lipinski definition) is 2. The molecule has 1 atom stereocenters. The van der Waals surface area contributed by atoms with Crippen LogP contribution in [0.25, 0.3) is 0 Å². The van der Waals surface area contributed by atoms with Crippen LogP contribution in [0, 0.1) is 5.92 Å². The molecular weight excluding hydrogens is 442 g/mol. The summed E-state index contributed by atoms with van der Waals surface area (Å²) in [7, 11) is -2.56. The van der Waals surface area contributed by atoms with Crippen molar-refractivity contribution in [2.75, 3.05) is 7.11 Å². The zero-order chi connectivity index (χ0) is 21.6. The van der Waals surface area contributed by atoms with Gasteiger partial charge in [-0.2, -0.15) is 4.31 Å². The van der Waals surface area contributed by atoms with Crippen molar-refractivity contribution in [3.8, 4) is 5.75 Å². The highest BCUT2D eigenvalue weighted by Crippen LogP contribution is 2.33. The zero-order valence-electron chi connectivity index (χ0n) is 17.3. The number of benzene rings is 1. The predicted molar refractivity (Wildman–Crippen MR) is 118 cm³/mol. The van der Waals surface area contributed by atoms with Gasteiger partial charge in [-0.25, -0.2) is 13.9 Å². The van der Waals surface area contributed by atoms with Crippen molar-refractivity contribution in [2.24, 2.45) is 5.92 Å². The van der Waals surface area contributed by atoms with E-state index in [-0.39, 0.29) is 29.8 Å². The predicted octanol–water partition coefficient (Wildman–Crippen LogP) is 3.16. The normalized spacial score (nSPS) is 15.7. The maximum atomic E-state index is 13.6. The van der Waals surface area contributed by atoms with Crippen LogP contribution in [0.4, 0.5) is 0 Å². The molecule has 1 amide bonds. The number of hydrogen-bond acceptors (Lipinski definition) is 6. The van der Waals surface area contributed by atoms with E-state index in [0.717, 1.165) is 32.1 Å². The maximum absolute atomic E-state index is 13.6. The number of amides is 1. The molecule has 0 saturated heterocycles. The van der Waals surface area contributed by atoms with E-state index in [0.29, 0.717) is 11.4 Å². The number of hydroxylamine groups is 1. The van der Waals surface area contributed by atoms with Crippen molar-refractivity contribution in [3.05, 3.63) is 54.4 Å². The average molecular weight is 470 g/mol. The minimum atomic E-state index is -4.06. The molecule has 2 N–H and O–H groups in total. The fraction of sp³-hybridized carbons (Fsp3) is 0.429. The third-order valence-electron chi connectivity index (χ3n) is 5.50. The van der Waals surface area contributed by atoms with E-state index >= 15 is 0 Å². The van der Waals surface area contributed by atoms with Crippen LogP contribution in [0.5, 0.6) is 5.75 Å². The number of carbonyl (C=O) groups is 1. The summed E-state index contributed by atoms with van der Waals surface area (Å²) in [6, 6.07) is 10.2. The maximum Gasteiger partial charge on any atom is 0.262 e. The van der Waals surface area contributed by atoms with E-state index in [1.165, 1.54) is 23.5 Å². The SMILES string of the molecule is COc1ccc(S(=O)(=O)N(Cc2ccccn2)C(C(=O)NO)C2CCCCC2)cc1.Cl. The van der Waals surface area contributed by atoms with Crippen LogP contribution in [0.15, 0.2) is 53.6 Å². The molecule has 0 spiro atoms. The number of sulfonamides is 1. The fourth-order valence-corrected chi connectivity index (χ4v) is 5.58. The Morgan fingerprint density at radius 1 is 1.19 bits per heavy atom. The highest BCUT2D eigenvalue weighted by atomic mass is 35.5. The highest BCUT2D eigenvalue weighted by molar-refractivity contribution is 7.89. The standard InChI is InChI=1S/C21H27N3O5S.ClH/c1-29-18-10-12-19(13-11-18)30(27,28)24(15-17-9-5-6-14-22-17)20(21(25)23-26)16-7-3-2-4-8-16;/h5-6,9-14,16,20,26H,2-4,7-8,15H2,1H3,(H,23,25);1H. The quantitative estimate of drug-likeness (QED) is 0.454. The van der Waals surface area contributed by atoms with Crippen LogP contribution < -0.4 is 10.2 Å². The van der Waals surface area contributed by atoms with Gasteiger partial charge in [0.25, 0.3) is 5.91 Å². The Balaban J connectivity index is 0.00000341. The van der Waals surface area contributed by atoms with Crippen molar-refractivity contribution >= 4 is 28.3 Å². The average Bonchev–Trinajstić information content (AvgIpc) is 2.80. The molecule has 8 nitrogen and oxygen atoms in total. The molecule has 1 aliphatic rings. The number of ether oxygens (including phenoxy) is 1. The Morgan fingerprint density at radius 3 is 2.42 bits per heavy atom. The van der Waals surface area contributed by atoms with Gasteiger partial charge in [-0.1, -0.05) is 25.3 Å². The molecule has 170 valence electrons. The van der Waals surface area contributed by atoms with Crippen LogP contribution in [0.1, 0.15) is 37.8 Å². The molecule has 1 heterocycles. The Morgan fingerprint density at radius 2 is 1.87 bits per heavy atom. The number of aromatic nitrogens is 1. The Bertz CT molecular complexity index is 935. The first-order valence-corrected chi connectivity index (χ1v) is 11.4. The summed E-state index contributed by atoms with van der Waals surface area (Å²) < 4.78 is 33.6. The Labute approximate surface area is 189 Å². The molecule has 3 rings (SSSR count). The van der Waals surface area contributed by atoms with Gasteiger partial charge in [-0.3, -0.25) is 15.0 Å². The molecule has 1 aromatic carbocycles. The van der Waals surface area contributed by atoms with Gasteiger partial charge in [-0.05, 0) is 55.2 Å². The molecule has 1 fully saturated rings. The second-order valence-corrected chi connectivity index (χ2v) is 9.26. The van der Waals surface area contributed by atoms with Crippen molar-refractivity contribution < 1.29 is 23.2 Å². The van der Waals surface area contributed by atoms with E-state index in [1.807, 2.05) is 0 Å². The van der Waals surface area contributed by atoms with E-state index in [4.69, 9.17) is 4.74 Å². The Kier molecular flexibility index (Phi) is 9.24. The monoisotopic (exact) mass is 469 g/mol. The lowest BCUT2D eigenvalue weighted by Gasteiger charge is -2.36. The van der Waals surface area contributed by atoms with Gasteiger partial charge >= 0.3 is 0 Å². The van der Waals surface area contributed by atoms with Crippen LogP contribution in [-0.4, -0.2) is 42.0 Å². The smallest absolute Gasteiger partial charge is 0.262 e. The van der Waals surface area contributed by atoms with Crippen molar-refractivity contribution in [2.45, 2.75) is 49.6 Å². The lowest BCUT2D eigenvalue weighted by molar-refractivity contribution is -0.135. The second kappa shape index (κ2) is 11.4. The summed E-state index contributed by atoms with van der Waals surface area (Å²) >= 11 is 0. The highest BCUT2D eigenvalue weighted by Gasteiger charge is 2.41. The molecule has 1 aliphatic carbocycles. The summed E-state index contributed by atoms with van der Waals surface area (Å²) in [5.41, 5.74) is 2.20. The largest absolute Gasteiger partial charge is 0.497 e. The molecule has 1 unspecified atom stereocenters. The minimum Gasteiger partial charge on any atom is -0.497 e. The lowest BCUT2D eigenvalue weighted by atomic mass is 9.83. The number of methoxy groups -OCH3 is 1. The fourth-order valence-electron chi connectivity index (χ4n) is 3.96. The first-order chi connectivity index (χ1) is 14.5. The van der Waals surface area contributed by atoms with Gasteiger partial charge < -0.3 is 4.74 Å². The van der Waals surface area contributed by atoms with E-state index in [2.05, 4.69) is 4.98 Å². The molecule has 31 heavy (non-hydrogen) atoms. The summed E-state index contributed by atoms with van der Waals surface area (Å²) in [5.74, 6) is -0.389. The number of carbonyl (C=O) groups excluding carboxylic acids is 1. The van der Waals surface area contributed by atoms with E-state index < -0.39 is 22.0 Å². The topological polar surface area (TPSA) is 109 Å². The van der Waals surface area contributed by atoms with Crippen LogP contribution in [-0.2, 0) is 21.4 Å². The number of halogens is 1. The van der Waals surface area contributed by atoms with Gasteiger partial charge in [-0.15, -0.1) is 12.4 Å². The first-order valence-electron chi connectivity index (χ1n) is 9.97. The molecule has 1 saturated carbocycles. The van der Waals surface area contributed by atoms with Crippen LogP contribution in [0.3, 0.4) is 0 Å². The third kappa shape index (κ3) is 5.94. The summed E-state index contributed by atoms with van der Waals surface area (Å²) in [6.07, 6.45) is 5.90. The summed E-state index contributed by atoms with van der Waals surface area (Å²) in [6.45, 7) is -0.0796. The van der Waals surface area contributed by atoms with Gasteiger partial charge in [0.15, 0.2) is 0 Å². The van der Waals surface area contributed by atoms with E-state index in [9.17, 15) is 18.4 Å². The molecule has 1 aromatic heterocycles. The minimum absolute atomic E-state index is 0. The third-order valence-corrected chi connectivity index (χ3v) is 7.34. The number of nitrogens with zero attached hydrogens (tertiary/aromatic N) is 2. The molecular formula is C21H28ClN3O5S. The molecule has 0 radical (unpaired) electrons. The van der Waals surface area contributed by atoms with E-state index in [1.54, 1.807) is 42.0 Å². The number of pyridine rings is 1. The van der Waals surface area contributed by atoms with Crippen LogP contribution in [0.2, 0.25) is 0 Å². The van der Waals surface area contributed by atoms with Gasteiger partial charge in [0.2, 0.25) is 10.0 Å². The number of rotatable bonds is 8. The van der Waals surface area contributed by atoms with Gasteiger partial charge in [0, 0.05) is 6.20 Å². The van der Waals surface area contributed by atoms with Crippen LogP contribution >= 0.6 is 12.4 Å². The molecule has 2 aromatic rings. The lowest BCUT2D eigenvalue weighted by Crippen LogP contribution is -2.52. The first kappa shape index (κ1) is 25.1. The van der Waals surface area contributed by atoms with Crippen molar-refractivity contribution in [3.63, 3.8) is 0 Å². The van der Waals surface area contributed by atoms with Gasteiger partial charge in [0.05, 0.1) is 24.2 Å². The van der Waals surface area contributed by atoms with Gasteiger partial charge in [0.1, 0.15) is 11.8 Å². The number of nitrogens with one attached hydrogen (secondary N) is 1. The molecule has 10 heteroatoms. The molecule has 0 aliphatic heterocycles. The zero-order valence-corrected chi connectivity index (χ0v) is 18.9. The summed E-state index contributed by atoms with van der Waals surface area (Å²) in [5, 5.41) is 9.40. The second-order valence-electron chi connectivity index (χ2n) is 7.37. The van der Waals surface area contributed by atoms with Crippen molar-refractivity contribution in [1.29, 1.82) is 0 Å².